The number of amides is 1. The lowest BCUT2D eigenvalue weighted by Gasteiger charge is -2.42. The van der Waals surface area contributed by atoms with Crippen LogP contribution < -0.4 is 10.2 Å². The van der Waals surface area contributed by atoms with Crippen LogP contribution in [0.25, 0.3) is 4.85 Å². The van der Waals surface area contributed by atoms with Crippen LogP contribution in [0, 0.1) is 23.7 Å². The molecule has 1 aliphatic carbocycles. The Morgan fingerprint density at radius 1 is 1.27 bits per heavy atom. The Morgan fingerprint density at radius 3 is 2.64 bits per heavy atom. The van der Waals surface area contributed by atoms with Gasteiger partial charge in [0.2, 0.25) is 11.6 Å². The number of fused-ring (bicyclic) bond motifs is 2. The zero-order valence-corrected chi connectivity index (χ0v) is 18.3. The molecule has 2 aliphatic heterocycles. The van der Waals surface area contributed by atoms with Crippen molar-refractivity contribution in [3.05, 3.63) is 64.9 Å². The van der Waals surface area contributed by atoms with Gasteiger partial charge in [0, 0.05) is 49.9 Å². The molecule has 1 amide bonds. The molecule has 1 unspecified atom stereocenters. The van der Waals surface area contributed by atoms with Crippen molar-refractivity contribution in [1.82, 2.24) is 15.2 Å². The summed E-state index contributed by atoms with van der Waals surface area (Å²) >= 11 is 0. The van der Waals surface area contributed by atoms with Gasteiger partial charge in [0.25, 0.3) is 0 Å². The van der Waals surface area contributed by atoms with Crippen molar-refractivity contribution in [3.8, 4) is 6.07 Å². The van der Waals surface area contributed by atoms with Crippen LogP contribution in [-0.4, -0.2) is 47.5 Å². The van der Waals surface area contributed by atoms with Crippen molar-refractivity contribution in [2.75, 3.05) is 24.5 Å². The third-order valence-electron chi connectivity index (χ3n) is 7.15. The topological polar surface area (TPSA) is 76.6 Å². The van der Waals surface area contributed by atoms with Gasteiger partial charge in [-0.3, -0.25) is 4.79 Å². The standard InChI is InChI=1S/C25H25FN6O/c1-28-22-12-18(3-6-21(22)26)25(9-10-25)30-11-8-24(33)31-15-19-4-5-20(16-31)32(19)23-7-2-17(13-27)14-29-23/h2-3,6-7,12,14,19-20,30H,4-5,8-11,15-16H2/t19-,20?/m0/s1. The first-order valence-corrected chi connectivity index (χ1v) is 11.4. The van der Waals surface area contributed by atoms with E-state index in [4.69, 9.17) is 11.8 Å². The summed E-state index contributed by atoms with van der Waals surface area (Å²) in [6.45, 7) is 9.06. The molecular weight excluding hydrogens is 419 g/mol. The highest BCUT2D eigenvalue weighted by Gasteiger charge is 2.45. The number of hydrogen-bond donors (Lipinski definition) is 1. The molecule has 2 atom stereocenters. The maximum atomic E-state index is 13.7. The SMILES string of the molecule is [C-]#[N+]c1cc(C2(NCCC(=O)N3CC4CC[C@@H](C3)N4c3ccc(C#N)cn3)CC2)ccc1F. The predicted octanol–water partition coefficient (Wildman–Crippen LogP) is 3.49. The Kier molecular flexibility index (Phi) is 5.47. The Balaban J connectivity index is 1.17. The maximum absolute atomic E-state index is 13.7. The average molecular weight is 445 g/mol. The van der Waals surface area contributed by atoms with Crippen LogP contribution >= 0.6 is 0 Å². The first kappa shape index (κ1) is 21.4. The summed E-state index contributed by atoms with van der Waals surface area (Å²) in [7, 11) is 0. The number of benzene rings is 1. The Morgan fingerprint density at radius 2 is 2.03 bits per heavy atom. The number of rotatable bonds is 6. The van der Waals surface area contributed by atoms with Gasteiger partial charge in [0.05, 0.1) is 12.1 Å². The Hall–Kier alpha value is -3.49. The highest BCUT2D eigenvalue weighted by molar-refractivity contribution is 5.77. The van der Waals surface area contributed by atoms with E-state index in [1.54, 1.807) is 24.4 Å². The summed E-state index contributed by atoms with van der Waals surface area (Å²) in [6, 6.07) is 11.0. The molecule has 33 heavy (non-hydrogen) atoms. The summed E-state index contributed by atoms with van der Waals surface area (Å²) in [6.07, 6.45) is 5.92. The van der Waals surface area contributed by atoms with Crippen LogP contribution in [-0.2, 0) is 10.3 Å². The number of nitrogens with zero attached hydrogens (tertiary/aromatic N) is 5. The second-order valence-electron chi connectivity index (χ2n) is 9.14. The van der Waals surface area contributed by atoms with Crippen LogP contribution in [0.3, 0.4) is 0 Å². The smallest absolute Gasteiger partial charge is 0.223 e. The van der Waals surface area contributed by atoms with Gasteiger partial charge in [0.1, 0.15) is 17.7 Å². The van der Waals surface area contributed by atoms with Crippen molar-refractivity contribution in [3.63, 3.8) is 0 Å². The zero-order chi connectivity index (χ0) is 23.0. The van der Waals surface area contributed by atoms with E-state index in [2.05, 4.69) is 26.1 Å². The molecule has 0 radical (unpaired) electrons. The third kappa shape index (κ3) is 4.03. The number of nitrogens with one attached hydrogen (secondary N) is 1. The molecule has 0 spiro atoms. The molecule has 2 aromatic rings. The van der Waals surface area contributed by atoms with E-state index in [1.165, 1.54) is 6.07 Å². The number of carbonyl (C=O) groups excluding carboxylic acids is 1. The molecule has 1 aromatic heterocycles. The van der Waals surface area contributed by atoms with Gasteiger partial charge in [0.15, 0.2) is 0 Å². The minimum atomic E-state index is -0.496. The molecular formula is C25H25FN6O. The quantitative estimate of drug-likeness (QED) is 0.691. The number of anilines is 1. The van der Waals surface area contributed by atoms with E-state index in [0.717, 1.165) is 37.1 Å². The monoisotopic (exact) mass is 444 g/mol. The molecule has 3 heterocycles. The molecule has 1 saturated carbocycles. The number of likely N-dealkylation sites (tertiary alicyclic amines) is 1. The van der Waals surface area contributed by atoms with Crippen molar-refractivity contribution in [2.45, 2.75) is 49.7 Å². The number of hydrogen-bond acceptors (Lipinski definition) is 5. The highest BCUT2D eigenvalue weighted by atomic mass is 19.1. The number of pyridine rings is 1. The summed E-state index contributed by atoms with van der Waals surface area (Å²) < 4.78 is 13.7. The molecule has 1 N–H and O–H groups in total. The van der Waals surface area contributed by atoms with Gasteiger partial charge < -0.3 is 15.1 Å². The molecule has 3 fully saturated rings. The fraction of sp³-hybridized carbons (Fsp3) is 0.440. The average Bonchev–Trinajstić information content (AvgIpc) is 3.58. The fourth-order valence-corrected chi connectivity index (χ4v) is 5.24. The third-order valence-corrected chi connectivity index (χ3v) is 7.15. The molecule has 3 aliphatic rings. The van der Waals surface area contributed by atoms with Crippen molar-refractivity contribution < 1.29 is 9.18 Å². The molecule has 7 nitrogen and oxygen atoms in total. The van der Waals surface area contributed by atoms with Gasteiger partial charge >= 0.3 is 0 Å². The zero-order valence-electron chi connectivity index (χ0n) is 18.3. The molecule has 8 heteroatoms. The van der Waals surface area contributed by atoms with Crippen LogP contribution in [0.5, 0.6) is 0 Å². The fourth-order valence-electron chi connectivity index (χ4n) is 5.24. The molecule has 1 aromatic carbocycles. The van der Waals surface area contributed by atoms with Crippen molar-refractivity contribution >= 4 is 17.4 Å². The van der Waals surface area contributed by atoms with Crippen molar-refractivity contribution in [1.29, 1.82) is 5.26 Å². The minimum absolute atomic E-state index is 0.0433. The summed E-state index contributed by atoms with van der Waals surface area (Å²) in [5.74, 6) is 0.525. The lowest BCUT2D eigenvalue weighted by molar-refractivity contribution is -0.132. The summed E-state index contributed by atoms with van der Waals surface area (Å²) in [5.41, 5.74) is 1.27. The predicted molar refractivity (Wildman–Crippen MR) is 121 cm³/mol. The molecule has 168 valence electrons. The molecule has 5 rings (SSSR count). The summed E-state index contributed by atoms with van der Waals surface area (Å²) in [5, 5.41) is 12.5. The van der Waals surface area contributed by atoms with Gasteiger partial charge in [-0.1, -0.05) is 6.07 Å². The number of carbonyl (C=O) groups is 1. The number of nitriles is 1. The van der Waals surface area contributed by atoms with E-state index in [9.17, 15) is 9.18 Å². The van der Waals surface area contributed by atoms with Crippen LogP contribution in [0.4, 0.5) is 15.9 Å². The summed E-state index contributed by atoms with van der Waals surface area (Å²) in [4.78, 5) is 25.0. The van der Waals surface area contributed by atoms with Crippen molar-refractivity contribution in [2.24, 2.45) is 0 Å². The van der Waals surface area contributed by atoms with E-state index < -0.39 is 5.82 Å². The van der Waals surface area contributed by atoms with Gasteiger partial charge in [-0.2, -0.15) is 5.26 Å². The Labute approximate surface area is 192 Å². The van der Waals surface area contributed by atoms with Gasteiger partial charge in [-0.05, 0) is 55.5 Å². The highest BCUT2D eigenvalue weighted by Crippen LogP contribution is 2.46. The first-order valence-electron chi connectivity index (χ1n) is 11.4. The van der Waals surface area contributed by atoms with Crippen LogP contribution in [0.1, 0.15) is 43.2 Å². The number of piperazine rings is 1. The number of halogens is 1. The van der Waals surface area contributed by atoms with Gasteiger partial charge in [-0.15, -0.1) is 0 Å². The second-order valence-corrected chi connectivity index (χ2v) is 9.14. The van der Waals surface area contributed by atoms with E-state index in [1.807, 2.05) is 11.0 Å². The van der Waals surface area contributed by atoms with Crippen LogP contribution in [0.2, 0.25) is 0 Å². The van der Waals surface area contributed by atoms with Gasteiger partial charge in [-0.25, -0.2) is 14.2 Å². The lowest BCUT2D eigenvalue weighted by atomic mass is 10.0. The largest absolute Gasteiger partial charge is 0.347 e. The first-order chi connectivity index (χ1) is 16.0. The van der Waals surface area contributed by atoms with Crippen LogP contribution in [0.15, 0.2) is 36.5 Å². The maximum Gasteiger partial charge on any atom is 0.223 e. The normalized spacial score (nSPS) is 22.5. The minimum Gasteiger partial charge on any atom is -0.347 e. The van der Waals surface area contributed by atoms with E-state index >= 15 is 0 Å². The second kappa shape index (κ2) is 8.46. The Bertz CT molecular complexity index is 1130. The molecule has 2 bridgehead atoms. The molecule has 2 saturated heterocycles. The van der Waals surface area contributed by atoms with E-state index in [-0.39, 0.29) is 29.2 Å². The van der Waals surface area contributed by atoms with E-state index in [0.29, 0.717) is 31.6 Å². The number of aromatic nitrogens is 1. The lowest BCUT2D eigenvalue weighted by Crippen LogP contribution is -2.56.